The number of likely N-dealkylation sites (tertiary alicyclic amines) is 1. The normalized spacial score (nSPS) is 21.5. The predicted molar refractivity (Wildman–Crippen MR) is 86.1 cm³/mol. The molecule has 3 rings (SSSR count). The lowest BCUT2D eigenvalue weighted by Gasteiger charge is -2.44. The zero-order valence-corrected chi connectivity index (χ0v) is 13.5. The highest BCUT2D eigenvalue weighted by molar-refractivity contribution is 6.36. The Bertz CT molecular complexity index is 531. The Balaban J connectivity index is 1.67. The van der Waals surface area contributed by atoms with Gasteiger partial charge in [-0.05, 0) is 62.4 Å². The summed E-state index contributed by atoms with van der Waals surface area (Å²) in [6.45, 7) is 3.88. The third-order valence-electron chi connectivity index (χ3n) is 4.94. The number of piperidine rings is 2. The van der Waals surface area contributed by atoms with Crippen molar-refractivity contribution in [3.63, 3.8) is 0 Å². The van der Waals surface area contributed by atoms with Crippen molar-refractivity contribution in [1.29, 1.82) is 0 Å². The minimum Gasteiger partial charge on any atom is -0.339 e. The molecule has 0 aromatic heterocycles. The molecule has 1 aromatic rings. The minimum atomic E-state index is 0.0282. The van der Waals surface area contributed by atoms with Gasteiger partial charge < -0.3 is 10.2 Å². The Labute approximate surface area is 135 Å². The van der Waals surface area contributed by atoms with E-state index in [4.69, 9.17) is 23.2 Å². The highest BCUT2D eigenvalue weighted by Crippen LogP contribution is 2.39. The first-order valence-electron chi connectivity index (χ1n) is 7.55. The van der Waals surface area contributed by atoms with E-state index in [0.717, 1.165) is 39.0 Å². The van der Waals surface area contributed by atoms with Crippen LogP contribution in [0.4, 0.5) is 0 Å². The molecule has 114 valence electrons. The highest BCUT2D eigenvalue weighted by Gasteiger charge is 2.37. The van der Waals surface area contributed by atoms with Gasteiger partial charge in [0.1, 0.15) is 0 Å². The van der Waals surface area contributed by atoms with Crippen molar-refractivity contribution < 1.29 is 4.79 Å². The van der Waals surface area contributed by atoms with Crippen LogP contribution in [0, 0.1) is 5.41 Å². The van der Waals surface area contributed by atoms with Gasteiger partial charge in [0.25, 0.3) is 5.91 Å². The molecule has 5 heteroatoms. The van der Waals surface area contributed by atoms with Gasteiger partial charge in [0, 0.05) is 18.1 Å². The fourth-order valence-electron chi connectivity index (χ4n) is 3.47. The number of amides is 1. The Hall–Kier alpha value is -0.770. The van der Waals surface area contributed by atoms with E-state index in [1.54, 1.807) is 18.2 Å². The summed E-state index contributed by atoms with van der Waals surface area (Å²) in [5, 5.41) is 4.42. The van der Waals surface area contributed by atoms with Crippen LogP contribution in [0.1, 0.15) is 36.0 Å². The van der Waals surface area contributed by atoms with E-state index in [2.05, 4.69) is 5.32 Å². The van der Waals surface area contributed by atoms with Crippen LogP contribution >= 0.6 is 23.2 Å². The quantitative estimate of drug-likeness (QED) is 0.855. The second kappa shape index (κ2) is 6.15. The first-order valence-corrected chi connectivity index (χ1v) is 8.30. The third-order valence-corrected chi connectivity index (χ3v) is 5.48. The number of nitrogens with one attached hydrogen (secondary N) is 1. The van der Waals surface area contributed by atoms with E-state index in [1.807, 2.05) is 4.90 Å². The van der Waals surface area contributed by atoms with Gasteiger partial charge in [-0.3, -0.25) is 4.79 Å². The fourth-order valence-corrected chi connectivity index (χ4v) is 3.96. The number of hydrogen-bond acceptors (Lipinski definition) is 2. The minimum absolute atomic E-state index is 0.0282. The molecule has 0 unspecified atom stereocenters. The van der Waals surface area contributed by atoms with E-state index in [9.17, 15) is 4.79 Å². The third kappa shape index (κ3) is 3.20. The standard InChI is InChI=1S/C16H20Cl2N2O/c17-12-1-2-13(14(18)11-12)15(21)20-9-5-16(6-10-20)3-7-19-8-4-16/h1-2,11,19H,3-10H2. The van der Waals surface area contributed by atoms with Crippen molar-refractivity contribution in [2.24, 2.45) is 5.41 Å². The molecule has 1 N–H and O–H groups in total. The van der Waals surface area contributed by atoms with Gasteiger partial charge in [-0.25, -0.2) is 0 Å². The molecule has 3 nitrogen and oxygen atoms in total. The number of benzene rings is 1. The lowest BCUT2D eigenvalue weighted by Crippen LogP contribution is -2.47. The fraction of sp³-hybridized carbons (Fsp3) is 0.562. The maximum Gasteiger partial charge on any atom is 0.255 e. The Morgan fingerprint density at radius 1 is 1.10 bits per heavy atom. The van der Waals surface area contributed by atoms with Crippen molar-refractivity contribution in [2.45, 2.75) is 25.7 Å². The van der Waals surface area contributed by atoms with Gasteiger partial charge in [-0.2, -0.15) is 0 Å². The summed E-state index contributed by atoms with van der Waals surface area (Å²) in [6.07, 6.45) is 4.67. The summed E-state index contributed by atoms with van der Waals surface area (Å²) in [5.41, 5.74) is 1.01. The highest BCUT2D eigenvalue weighted by atomic mass is 35.5. The second-order valence-corrected chi connectivity index (χ2v) is 7.01. The molecule has 0 bridgehead atoms. The second-order valence-electron chi connectivity index (χ2n) is 6.17. The Morgan fingerprint density at radius 3 is 2.38 bits per heavy atom. The number of carbonyl (C=O) groups excluding carboxylic acids is 1. The maximum atomic E-state index is 12.6. The zero-order valence-electron chi connectivity index (χ0n) is 12.0. The van der Waals surface area contributed by atoms with Gasteiger partial charge >= 0.3 is 0 Å². The number of carbonyl (C=O) groups is 1. The number of rotatable bonds is 1. The van der Waals surface area contributed by atoms with Crippen molar-refractivity contribution in [3.05, 3.63) is 33.8 Å². The number of halogens is 2. The van der Waals surface area contributed by atoms with E-state index in [0.29, 0.717) is 21.0 Å². The van der Waals surface area contributed by atoms with Gasteiger partial charge in [-0.1, -0.05) is 23.2 Å². The molecule has 0 radical (unpaired) electrons. The van der Waals surface area contributed by atoms with Crippen LogP contribution in [0.2, 0.25) is 10.0 Å². The smallest absolute Gasteiger partial charge is 0.255 e. The molecule has 21 heavy (non-hydrogen) atoms. The summed E-state index contributed by atoms with van der Waals surface area (Å²) in [5.74, 6) is 0.0282. The largest absolute Gasteiger partial charge is 0.339 e. The molecule has 1 aromatic carbocycles. The van der Waals surface area contributed by atoms with Gasteiger partial charge in [0.2, 0.25) is 0 Å². The number of hydrogen-bond donors (Lipinski definition) is 1. The predicted octanol–water partition coefficient (Wildman–Crippen LogP) is 3.60. The average molecular weight is 327 g/mol. The summed E-state index contributed by atoms with van der Waals surface area (Å²) in [6, 6.07) is 5.08. The molecule has 2 saturated heterocycles. The lowest BCUT2D eigenvalue weighted by atomic mass is 9.71. The number of nitrogens with zero attached hydrogens (tertiary/aromatic N) is 1. The van der Waals surface area contributed by atoms with Crippen molar-refractivity contribution in [2.75, 3.05) is 26.2 Å². The van der Waals surface area contributed by atoms with Crippen LogP contribution in [0.25, 0.3) is 0 Å². The van der Waals surface area contributed by atoms with Crippen LogP contribution in [0.15, 0.2) is 18.2 Å². The van der Waals surface area contributed by atoms with E-state index in [-0.39, 0.29) is 5.91 Å². The topological polar surface area (TPSA) is 32.3 Å². The Morgan fingerprint density at radius 2 is 1.76 bits per heavy atom. The van der Waals surface area contributed by atoms with Crippen molar-refractivity contribution in [3.8, 4) is 0 Å². The SMILES string of the molecule is O=C(c1ccc(Cl)cc1Cl)N1CCC2(CCNCC2)CC1. The molecular formula is C16H20Cl2N2O. The van der Waals surface area contributed by atoms with Crippen LogP contribution < -0.4 is 5.32 Å². The van der Waals surface area contributed by atoms with Crippen LogP contribution in [0.5, 0.6) is 0 Å². The zero-order chi connectivity index (χ0) is 14.9. The molecule has 2 heterocycles. The lowest BCUT2D eigenvalue weighted by molar-refractivity contribution is 0.0496. The molecule has 1 amide bonds. The first kappa shape index (κ1) is 15.1. The summed E-state index contributed by atoms with van der Waals surface area (Å²) in [7, 11) is 0. The molecule has 1 spiro atoms. The molecule has 0 atom stereocenters. The Kier molecular flexibility index (Phi) is 4.43. The van der Waals surface area contributed by atoms with Crippen molar-refractivity contribution >= 4 is 29.1 Å². The first-order chi connectivity index (χ1) is 10.1. The maximum absolute atomic E-state index is 12.6. The molecule has 0 aliphatic carbocycles. The van der Waals surface area contributed by atoms with Crippen molar-refractivity contribution in [1.82, 2.24) is 10.2 Å². The molecule has 2 aliphatic heterocycles. The van der Waals surface area contributed by atoms with Crippen LogP contribution in [0.3, 0.4) is 0 Å². The molecule has 0 saturated carbocycles. The van der Waals surface area contributed by atoms with Crippen LogP contribution in [-0.2, 0) is 0 Å². The van der Waals surface area contributed by atoms with E-state index < -0.39 is 0 Å². The van der Waals surface area contributed by atoms with Gasteiger partial charge in [-0.15, -0.1) is 0 Å². The van der Waals surface area contributed by atoms with E-state index in [1.165, 1.54) is 12.8 Å². The molecular weight excluding hydrogens is 307 g/mol. The van der Waals surface area contributed by atoms with Gasteiger partial charge in [0.05, 0.1) is 10.6 Å². The summed E-state index contributed by atoms with van der Waals surface area (Å²) >= 11 is 12.0. The van der Waals surface area contributed by atoms with E-state index >= 15 is 0 Å². The summed E-state index contributed by atoms with van der Waals surface area (Å²) < 4.78 is 0. The molecule has 2 fully saturated rings. The monoisotopic (exact) mass is 326 g/mol. The van der Waals surface area contributed by atoms with Gasteiger partial charge in [0.15, 0.2) is 0 Å². The molecule has 2 aliphatic rings. The summed E-state index contributed by atoms with van der Waals surface area (Å²) in [4.78, 5) is 14.5. The van der Waals surface area contributed by atoms with Crippen LogP contribution in [-0.4, -0.2) is 37.0 Å². The average Bonchev–Trinajstić information content (AvgIpc) is 2.48.